The molecule has 10 N–H and O–H groups in total. The summed E-state index contributed by atoms with van der Waals surface area (Å²) in [6, 6.07) is 6.87. The van der Waals surface area contributed by atoms with Crippen molar-refractivity contribution in [1.82, 2.24) is 14.9 Å². The number of anilines is 1. The molecule has 0 unspecified atom stereocenters. The average molecular weight is 416 g/mol. The van der Waals surface area contributed by atoms with E-state index < -0.39 is 6.03 Å². The van der Waals surface area contributed by atoms with Gasteiger partial charge in [-0.05, 0) is 37.1 Å². The van der Waals surface area contributed by atoms with Crippen molar-refractivity contribution >= 4 is 17.9 Å². The van der Waals surface area contributed by atoms with Gasteiger partial charge in [-0.15, -0.1) is 0 Å². The third-order valence-electron chi connectivity index (χ3n) is 4.32. The number of hydrogen-bond acceptors (Lipinski definition) is 6. The van der Waals surface area contributed by atoms with Crippen molar-refractivity contribution in [2.24, 2.45) is 27.9 Å². The quantitative estimate of drug-likeness (QED) is 0.165. The van der Waals surface area contributed by atoms with Crippen LogP contribution in [0.1, 0.15) is 18.4 Å². The molecule has 0 saturated heterocycles. The van der Waals surface area contributed by atoms with Crippen LogP contribution in [0.25, 0.3) is 11.1 Å². The zero-order valence-electron chi connectivity index (χ0n) is 16.8. The van der Waals surface area contributed by atoms with Crippen LogP contribution in [0.4, 0.5) is 10.7 Å². The second-order valence-corrected chi connectivity index (χ2v) is 6.74. The second-order valence-electron chi connectivity index (χ2n) is 6.74. The lowest BCUT2D eigenvalue weighted by atomic mass is 10.1. The molecule has 11 nitrogen and oxygen atoms in total. The first kappa shape index (κ1) is 22.8. The van der Waals surface area contributed by atoms with Crippen molar-refractivity contribution in [2.75, 3.05) is 31.5 Å². The molecule has 0 atom stereocenters. The number of aromatic nitrogens is 2. The highest BCUT2D eigenvalue weighted by Crippen LogP contribution is 2.17. The number of rotatable bonds is 11. The van der Waals surface area contributed by atoms with Gasteiger partial charge in [0, 0.05) is 25.8 Å². The molecule has 1 heterocycles. The van der Waals surface area contributed by atoms with E-state index in [0.29, 0.717) is 18.7 Å². The molecule has 2 rings (SSSR count). The van der Waals surface area contributed by atoms with Crippen LogP contribution in [-0.4, -0.2) is 53.0 Å². The summed E-state index contributed by atoms with van der Waals surface area (Å²) in [7, 11) is 0. The van der Waals surface area contributed by atoms with Crippen molar-refractivity contribution in [2.45, 2.75) is 19.4 Å². The SMILES string of the molecule is NCCCN(CCCN=C(N)N)Cc1ccc(-c2cnc(NC(N)=O)[nH]c2=O)cc1. The first-order chi connectivity index (χ1) is 14.4. The Labute approximate surface area is 174 Å². The van der Waals surface area contributed by atoms with Gasteiger partial charge in [0.25, 0.3) is 5.56 Å². The van der Waals surface area contributed by atoms with Gasteiger partial charge in [-0.1, -0.05) is 24.3 Å². The molecule has 2 amide bonds. The van der Waals surface area contributed by atoms with E-state index >= 15 is 0 Å². The lowest BCUT2D eigenvalue weighted by molar-refractivity contribution is 0.259. The number of hydrogen-bond donors (Lipinski definition) is 6. The second kappa shape index (κ2) is 11.5. The van der Waals surface area contributed by atoms with Crippen molar-refractivity contribution in [3.05, 3.63) is 46.4 Å². The number of nitrogens with two attached hydrogens (primary N) is 4. The highest BCUT2D eigenvalue weighted by Gasteiger charge is 2.09. The highest BCUT2D eigenvalue weighted by atomic mass is 16.2. The average Bonchev–Trinajstić information content (AvgIpc) is 2.69. The Balaban J connectivity index is 2.04. The van der Waals surface area contributed by atoms with E-state index in [9.17, 15) is 9.59 Å². The van der Waals surface area contributed by atoms with Crippen LogP contribution in [0.2, 0.25) is 0 Å². The standard InChI is InChI=1S/C19H29N9O2/c20-7-1-9-28(10-2-8-24-17(21)22)12-13-3-5-14(6-4-13)15-11-25-19(26-16(15)29)27-18(23)30/h3-6,11H,1-2,7-10,12,20H2,(H4,21,22,24)(H4,23,25,26,27,29,30). The molecule has 162 valence electrons. The fourth-order valence-corrected chi connectivity index (χ4v) is 2.92. The summed E-state index contributed by atoms with van der Waals surface area (Å²) in [5.41, 5.74) is 23.2. The summed E-state index contributed by atoms with van der Waals surface area (Å²) in [6.07, 6.45) is 3.14. The Morgan fingerprint density at radius 2 is 1.83 bits per heavy atom. The van der Waals surface area contributed by atoms with Crippen LogP contribution in [0.15, 0.2) is 40.2 Å². The largest absolute Gasteiger partial charge is 0.370 e. The molecule has 1 aromatic heterocycles. The summed E-state index contributed by atoms with van der Waals surface area (Å²) >= 11 is 0. The van der Waals surface area contributed by atoms with Gasteiger partial charge in [-0.2, -0.15) is 0 Å². The number of carbonyl (C=O) groups is 1. The molecular weight excluding hydrogens is 386 g/mol. The number of carbonyl (C=O) groups excluding carboxylic acids is 1. The number of amides is 2. The zero-order valence-corrected chi connectivity index (χ0v) is 16.8. The number of urea groups is 1. The molecule has 0 saturated carbocycles. The van der Waals surface area contributed by atoms with Crippen molar-refractivity contribution in [3.8, 4) is 11.1 Å². The van der Waals surface area contributed by atoms with Gasteiger partial charge >= 0.3 is 6.03 Å². The molecule has 0 bridgehead atoms. The Morgan fingerprint density at radius 1 is 1.13 bits per heavy atom. The molecule has 0 aliphatic rings. The first-order valence-electron chi connectivity index (χ1n) is 9.62. The van der Waals surface area contributed by atoms with Crippen LogP contribution in [0.5, 0.6) is 0 Å². The Bertz CT molecular complexity index is 905. The Kier molecular flexibility index (Phi) is 8.78. The van der Waals surface area contributed by atoms with Gasteiger partial charge in [0.15, 0.2) is 5.96 Å². The normalized spacial score (nSPS) is 10.7. The van der Waals surface area contributed by atoms with E-state index in [1.165, 1.54) is 6.20 Å². The monoisotopic (exact) mass is 415 g/mol. The molecule has 0 aliphatic heterocycles. The number of primary amides is 1. The maximum atomic E-state index is 12.3. The number of benzene rings is 1. The van der Waals surface area contributed by atoms with Crippen LogP contribution in [0, 0.1) is 0 Å². The fourth-order valence-electron chi connectivity index (χ4n) is 2.92. The van der Waals surface area contributed by atoms with Gasteiger partial charge in [0.2, 0.25) is 5.95 Å². The van der Waals surface area contributed by atoms with Crippen molar-refractivity contribution in [3.63, 3.8) is 0 Å². The van der Waals surface area contributed by atoms with Crippen LogP contribution >= 0.6 is 0 Å². The van der Waals surface area contributed by atoms with Gasteiger partial charge in [-0.3, -0.25) is 25.0 Å². The van der Waals surface area contributed by atoms with E-state index in [-0.39, 0.29) is 17.5 Å². The predicted molar refractivity (Wildman–Crippen MR) is 118 cm³/mol. The first-order valence-corrected chi connectivity index (χ1v) is 9.62. The molecule has 0 aliphatic carbocycles. The molecule has 30 heavy (non-hydrogen) atoms. The van der Waals surface area contributed by atoms with Gasteiger partial charge in [-0.25, -0.2) is 9.78 Å². The predicted octanol–water partition coefficient (Wildman–Crippen LogP) is -0.258. The Morgan fingerprint density at radius 3 is 2.43 bits per heavy atom. The Hall–Kier alpha value is -3.44. The molecule has 0 spiro atoms. The highest BCUT2D eigenvalue weighted by molar-refractivity contribution is 5.85. The number of H-pyrrole nitrogens is 1. The summed E-state index contributed by atoms with van der Waals surface area (Å²) in [4.78, 5) is 35.9. The maximum Gasteiger partial charge on any atom is 0.318 e. The molecule has 11 heteroatoms. The molecular formula is C19H29N9O2. The maximum absolute atomic E-state index is 12.3. The van der Waals surface area contributed by atoms with Crippen molar-refractivity contribution in [1.29, 1.82) is 0 Å². The minimum absolute atomic E-state index is 0.00384. The topological polar surface area (TPSA) is 195 Å². The lowest BCUT2D eigenvalue weighted by Gasteiger charge is -2.22. The number of aliphatic imine (C=N–C) groups is 1. The fraction of sp³-hybridized carbons (Fsp3) is 0.368. The summed E-state index contributed by atoms with van der Waals surface area (Å²) in [5.74, 6) is 0.103. The molecule has 2 aromatic rings. The zero-order chi connectivity index (χ0) is 21.9. The van der Waals surface area contributed by atoms with Gasteiger partial charge < -0.3 is 22.9 Å². The van der Waals surface area contributed by atoms with E-state index in [1.54, 1.807) is 0 Å². The van der Waals surface area contributed by atoms with E-state index in [0.717, 1.165) is 43.6 Å². The third kappa shape index (κ3) is 7.53. The smallest absolute Gasteiger partial charge is 0.318 e. The molecule has 0 fully saturated rings. The number of guanidine groups is 1. The molecule has 1 aromatic carbocycles. The van der Waals surface area contributed by atoms with Gasteiger partial charge in [0.05, 0.1) is 5.56 Å². The van der Waals surface area contributed by atoms with E-state index in [4.69, 9.17) is 22.9 Å². The number of nitrogens with one attached hydrogen (secondary N) is 2. The van der Waals surface area contributed by atoms with E-state index in [1.807, 2.05) is 24.3 Å². The third-order valence-corrected chi connectivity index (χ3v) is 4.32. The minimum Gasteiger partial charge on any atom is -0.370 e. The van der Waals surface area contributed by atoms with Crippen molar-refractivity contribution < 1.29 is 4.79 Å². The molecule has 0 radical (unpaired) electrons. The lowest BCUT2D eigenvalue weighted by Crippen LogP contribution is -2.28. The number of aromatic amines is 1. The van der Waals surface area contributed by atoms with Crippen LogP contribution in [-0.2, 0) is 6.54 Å². The summed E-state index contributed by atoms with van der Waals surface area (Å²) in [6.45, 7) is 3.67. The summed E-state index contributed by atoms with van der Waals surface area (Å²) in [5, 5.41) is 2.23. The van der Waals surface area contributed by atoms with Crippen LogP contribution < -0.4 is 33.8 Å². The van der Waals surface area contributed by atoms with E-state index in [2.05, 4.69) is 25.2 Å². The van der Waals surface area contributed by atoms with Gasteiger partial charge in [0.1, 0.15) is 0 Å². The minimum atomic E-state index is -0.798. The number of nitrogens with zero attached hydrogens (tertiary/aromatic N) is 3. The van der Waals surface area contributed by atoms with Crippen LogP contribution in [0.3, 0.4) is 0 Å². The summed E-state index contributed by atoms with van der Waals surface area (Å²) < 4.78 is 0.